The lowest BCUT2D eigenvalue weighted by Gasteiger charge is -2.17. The van der Waals surface area contributed by atoms with Crippen LogP contribution in [0, 0.1) is 0 Å². The molecule has 0 heterocycles. The minimum absolute atomic E-state index is 0.150. The van der Waals surface area contributed by atoms with E-state index >= 15 is 0 Å². The van der Waals surface area contributed by atoms with Gasteiger partial charge in [-0.25, -0.2) is 9.59 Å². The first-order valence-electron chi connectivity index (χ1n) is 9.70. The molecule has 7 nitrogen and oxygen atoms in total. The number of rotatable bonds is 11. The fourth-order valence-electron chi connectivity index (χ4n) is 2.81. The highest BCUT2D eigenvalue weighted by Gasteiger charge is 2.31. The van der Waals surface area contributed by atoms with Gasteiger partial charge in [0.2, 0.25) is 0 Å². The predicted molar refractivity (Wildman–Crippen MR) is 110 cm³/mol. The molecule has 8 heteroatoms. The van der Waals surface area contributed by atoms with Gasteiger partial charge in [0, 0.05) is 0 Å². The molecule has 2 aromatic rings. The molecule has 0 aliphatic heterocycles. The third-order valence-electron chi connectivity index (χ3n) is 4.29. The molecule has 2 aromatic carbocycles. The van der Waals surface area contributed by atoms with E-state index in [2.05, 4.69) is 4.74 Å². The molecule has 162 valence electrons. The molecule has 30 heavy (non-hydrogen) atoms. The Morgan fingerprint density at radius 2 is 1.67 bits per heavy atom. The Bertz CT molecular complexity index is 939. The predicted octanol–water partition coefficient (Wildman–Crippen LogP) is 3.52. The van der Waals surface area contributed by atoms with Crippen LogP contribution in [0.1, 0.15) is 42.1 Å². The molecule has 0 saturated heterocycles. The maximum atomic E-state index is 12.9. The van der Waals surface area contributed by atoms with E-state index < -0.39 is 28.2 Å². The van der Waals surface area contributed by atoms with Gasteiger partial charge in [0.25, 0.3) is 10.1 Å². The van der Waals surface area contributed by atoms with Crippen LogP contribution >= 0.6 is 0 Å². The molecule has 0 radical (unpaired) electrons. The Labute approximate surface area is 177 Å². The standard InChI is InChI=1S/C22H26O7S/c1-3-16-28-22(24)19(14-9-12-17-10-5-4-6-11-17)29-30(25,26)20-15-8-7-13-18(20)21(23)27-2/h4-8,10-11,13,15,19H,3,9,12,14,16H2,1-2H3/t19-/m1/s1. The average molecular weight is 435 g/mol. The van der Waals surface area contributed by atoms with E-state index in [4.69, 9.17) is 8.92 Å². The first-order valence-corrected chi connectivity index (χ1v) is 11.1. The van der Waals surface area contributed by atoms with E-state index in [1.807, 2.05) is 37.3 Å². The van der Waals surface area contributed by atoms with Crippen LogP contribution in [-0.4, -0.2) is 40.2 Å². The highest BCUT2D eigenvalue weighted by Crippen LogP contribution is 2.22. The van der Waals surface area contributed by atoms with Crippen molar-refractivity contribution in [2.45, 2.75) is 43.6 Å². The zero-order valence-electron chi connectivity index (χ0n) is 17.1. The SMILES string of the molecule is CCCOC(=O)[C@@H](CCCc1ccccc1)OS(=O)(=O)c1ccccc1C(=O)OC. The minimum Gasteiger partial charge on any atom is -0.465 e. The third-order valence-corrected chi connectivity index (χ3v) is 5.67. The van der Waals surface area contributed by atoms with E-state index in [9.17, 15) is 18.0 Å². The Hall–Kier alpha value is -2.71. The summed E-state index contributed by atoms with van der Waals surface area (Å²) in [5.41, 5.74) is 0.905. The second kappa shape index (κ2) is 11.5. The Morgan fingerprint density at radius 3 is 2.33 bits per heavy atom. The second-order valence-electron chi connectivity index (χ2n) is 6.57. The quantitative estimate of drug-likeness (QED) is 0.394. The van der Waals surface area contributed by atoms with Crippen molar-refractivity contribution >= 4 is 22.1 Å². The van der Waals surface area contributed by atoms with E-state index in [1.165, 1.54) is 24.3 Å². The molecule has 0 aliphatic rings. The van der Waals surface area contributed by atoms with Crippen molar-refractivity contribution in [3.63, 3.8) is 0 Å². The summed E-state index contributed by atoms with van der Waals surface area (Å²) in [5.74, 6) is -1.56. The molecule has 2 rings (SSSR count). The highest BCUT2D eigenvalue weighted by atomic mass is 32.2. The van der Waals surface area contributed by atoms with Gasteiger partial charge in [-0.2, -0.15) is 8.42 Å². The zero-order chi connectivity index (χ0) is 22.0. The Balaban J connectivity index is 2.19. The van der Waals surface area contributed by atoms with Crippen LogP contribution in [0.4, 0.5) is 0 Å². The van der Waals surface area contributed by atoms with Gasteiger partial charge in [0.15, 0.2) is 6.10 Å². The Morgan fingerprint density at radius 1 is 1.00 bits per heavy atom. The number of benzene rings is 2. The van der Waals surface area contributed by atoms with Crippen LogP contribution in [0.5, 0.6) is 0 Å². The highest BCUT2D eigenvalue weighted by molar-refractivity contribution is 7.86. The van der Waals surface area contributed by atoms with Crippen molar-refractivity contribution in [1.29, 1.82) is 0 Å². The number of carbonyl (C=O) groups is 2. The maximum Gasteiger partial charge on any atom is 0.339 e. The topological polar surface area (TPSA) is 96.0 Å². The van der Waals surface area contributed by atoms with Gasteiger partial charge in [-0.1, -0.05) is 49.4 Å². The van der Waals surface area contributed by atoms with Crippen LogP contribution in [-0.2, 0) is 35.0 Å². The van der Waals surface area contributed by atoms with Crippen LogP contribution in [0.25, 0.3) is 0 Å². The smallest absolute Gasteiger partial charge is 0.339 e. The lowest BCUT2D eigenvalue weighted by molar-refractivity contribution is -0.152. The summed E-state index contributed by atoms with van der Waals surface area (Å²) in [6.45, 7) is 2.00. The van der Waals surface area contributed by atoms with Crippen LogP contribution in [0.2, 0.25) is 0 Å². The van der Waals surface area contributed by atoms with E-state index in [0.29, 0.717) is 19.3 Å². The first-order chi connectivity index (χ1) is 14.4. The number of methoxy groups -OCH3 is 1. The molecule has 1 atom stereocenters. The van der Waals surface area contributed by atoms with Crippen molar-refractivity contribution in [2.75, 3.05) is 13.7 Å². The van der Waals surface area contributed by atoms with Gasteiger partial charge in [-0.3, -0.25) is 4.18 Å². The lowest BCUT2D eigenvalue weighted by atomic mass is 10.1. The molecule has 0 spiro atoms. The van der Waals surface area contributed by atoms with Crippen molar-refractivity contribution < 1.29 is 31.7 Å². The first kappa shape index (κ1) is 23.6. The zero-order valence-corrected chi connectivity index (χ0v) is 17.9. The number of aryl methyl sites for hydroxylation is 1. The van der Waals surface area contributed by atoms with Crippen molar-refractivity contribution in [1.82, 2.24) is 0 Å². The van der Waals surface area contributed by atoms with Gasteiger partial charge in [-0.05, 0) is 43.4 Å². The molecule has 0 amide bonds. The summed E-state index contributed by atoms with van der Waals surface area (Å²) in [4.78, 5) is 24.0. The normalized spacial score (nSPS) is 12.2. The van der Waals surface area contributed by atoms with E-state index in [1.54, 1.807) is 0 Å². The molecule has 0 bridgehead atoms. The summed E-state index contributed by atoms with van der Waals surface area (Å²) in [6.07, 6.45) is 0.609. The summed E-state index contributed by atoms with van der Waals surface area (Å²) in [6, 6.07) is 15.2. The van der Waals surface area contributed by atoms with Crippen LogP contribution in [0.3, 0.4) is 0 Å². The third kappa shape index (κ3) is 6.67. The van der Waals surface area contributed by atoms with Crippen molar-refractivity contribution in [3.05, 3.63) is 65.7 Å². The molecule has 0 saturated carbocycles. The Kier molecular flexibility index (Phi) is 9.01. The maximum absolute atomic E-state index is 12.9. The van der Waals surface area contributed by atoms with E-state index in [-0.39, 0.29) is 23.5 Å². The van der Waals surface area contributed by atoms with Gasteiger partial charge in [0.1, 0.15) is 4.90 Å². The van der Waals surface area contributed by atoms with Gasteiger partial charge in [0.05, 0.1) is 19.3 Å². The number of ether oxygens (including phenoxy) is 2. The van der Waals surface area contributed by atoms with Crippen LogP contribution in [0.15, 0.2) is 59.5 Å². The van der Waals surface area contributed by atoms with Gasteiger partial charge in [-0.15, -0.1) is 0 Å². The summed E-state index contributed by atoms with van der Waals surface area (Å²) in [5, 5.41) is 0. The largest absolute Gasteiger partial charge is 0.465 e. The molecule has 0 N–H and O–H groups in total. The van der Waals surface area contributed by atoms with Gasteiger partial charge >= 0.3 is 11.9 Å². The molecular formula is C22H26O7S. The second-order valence-corrected chi connectivity index (χ2v) is 8.11. The molecule has 0 fully saturated rings. The molecular weight excluding hydrogens is 408 g/mol. The lowest BCUT2D eigenvalue weighted by Crippen LogP contribution is -2.30. The summed E-state index contributed by atoms with van der Waals surface area (Å²) in [7, 11) is -3.26. The number of hydrogen-bond acceptors (Lipinski definition) is 7. The molecule has 0 aromatic heterocycles. The van der Waals surface area contributed by atoms with Crippen molar-refractivity contribution in [2.24, 2.45) is 0 Å². The molecule has 0 unspecified atom stereocenters. The fraction of sp³-hybridized carbons (Fsp3) is 0.364. The molecule has 0 aliphatic carbocycles. The monoisotopic (exact) mass is 434 g/mol. The average Bonchev–Trinajstić information content (AvgIpc) is 2.76. The number of esters is 2. The summed E-state index contributed by atoms with van der Waals surface area (Å²) < 4.78 is 40.7. The van der Waals surface area contributed by atoms with Crippen LogP contribution < -0.4 is 0 Å². The number of carbonyl (C=O) groups excluding carboxylic acids is 2. The summed E-state index contributed by atoms with van der Waals surface area (Å²) >= 11 is 0. The van der Waals surface area contributed by atoms with Gasteiger partial charge < -0.3 is 9.47 Å². The van der Waals surface area contributed by atoms with E-state index in [0.717, 1.165) is 12.7 Å². The minimum atomic E-state index is -4.41. The number of hydrogen-bond donors (Lipinski definition) is 0. The fourth-order valence-corrected chi connectivity index (χ4v) is 4.06. The van der Waals surface area contributed by atoms with Crippen molar-refractivity contribution in [3.8, 4) is 0 Å².